The second-order valence-corrected chi connectivity index (χ2v) is 7.34. The van der Waals surface area contributed by atoms with Crippen molar-refractivity contribution in [1.82, 2.24) is 9.62 Å². The molecule has 1 atom stereocenters. The highest BCUT2D eigenvalue weighted by Gasteiger charge is 2.26. The van der Waals surface area contributed by atoms with Crippen LogP contribution >= 0.6 is 15.9 Å². The van der Waals surface area contributed by atoms with Gasteiger partial charge in [-0.15, -0.1) is 0 Å². The molecule has 6 heteroatoms. The molecule has 1 fully saturated rings. The minimum atomic E-state index is -3.44. The predicted molar refractivity (Wildman–Crippen MR) is 75.1 cm³/mol. The molecule has 1 aromatic rings. The van der Waals surface area contributed by atoms with Crippen LogP contribution in [0.1, 0.15) is 12.0 Å². The molecule has 4 nitrogen and oxygen atoms in total. The third-order valence-electron chi connectivity index (χ3n) is 3.09. The maximum atomic E-state index is 12.3. The van der Waals surface area contributed by atoms with Crippen molar-refractivity contribution in [3.8, 4) is 0 Å². The summed E-state index contributed by atoms with van der Waals surface area (Å²) in [5, 5.41) is 0. The van der Waals surface area contributed by atoms with Gasteiger partial charge >= 0.3 is 0 Å². The van der Waals surface area contributed by atoms with Crippen LogP contribution in [0.15, 0.2) is 27.6 Å². The van der Waals surface area contributed by atoms with Gasteiger partial charge in [0.25, 0.3) is 0 Å². The number of halogens is 1. The van der Waals surface area contributed by atoms with Crippen molar-refractivity contribution in [3.05, 3.63) is 28.2 Å². The number of likely N-dealkylation sites (tertiary alicyclic amines) is 1. The zero-order valence-corrected chi connectivity index (χ0v) is 12.9. The molecule has 1 aliphatic rings. The van der Waals surface area contributed by atoms with Crippen LogP contribution in [-0.2, 0) is 10.0 Å². The summed E-state index contributed by atoms with van der Waals surface area (Å²) >= 11 is 3.31. The third kappa shape index (κ3) is 3.12. The van der Waals surface area contributed by atoms with Gasteiger partial charge in [-0.1, -0.05) is 6.07 Å². The lowest BCUT2D eigenvalue weighted by Gasteiger charge is -2.14. The number of aryl methyl sites for hydroxylation is 1. The molecular weight excluding hydrogens is 316 g/mol. The van der Waals surface area contributed by atoms with E-state index >= 15 is 0 Å². The van der Waals surface area contributed by atoms with E-state index in [0.29, 0.717) is 9.37 Å². The van der Waals surface area contributed by atoms with Gasteiger partial charge in [0.15, 0.2) is 0 Å². The molecule has 1 saturated heterocycles. The molecule has 18 heavy (non-hydrogen) atoms. The molecule has 0 radical (unpaired) electrons. The van der Waals surface area contributed by atoms with Crippen molar-refractivity contribution in [3.63, 3.8) is 0 Å². The Bertz CT molecular complexity index is 545. The second kappa shape index (κ2) is 5.28. The van der Waals surface area contributed by atoms with Gasteiger partial charge in [0.1, 0.15) is 0 Å². The highest BCUT2D eigenvalue weighted by Crippen LogP contribution is 2.23. The number of hydrogen-bond acceptors (Lipinski definition) is 3. The molecule has 0 amide bonds. The lowest BCUT2D eigenvalue weighted by atomic mass is 10.2. The number of hydrogen-bond donors (Lipinski definition) is 1. The highest BCUT2D eigenvalue weighted by molar-refractivity contribution is 9.10. The Morgan fingerprint density at radius 1 is 1.44 bits per heavy atom. The van der Waals surface area contributed by atoms with Crippen molar-refractivity contribution < 1.29 is 8.42 Å². The molecule has 1 aromatic carbocycles. The van der Waals surface area contributed by atoms with Crippen molar-refractivity contribution in [1.29, 1.82) is 0 Å². The Morgan fingerprint density at radius 2 is 2.17 bits per heavy atom. The van der Waals surface area contributed by atoms with Crippen LogP contribution in [0.25, 0.3) is 0 Å². The Hall–Kier alpha value is -0.430. The highest BCUT2D eigenvalue weighted by atomic mass is 79.9. The molecule has 1 unspecified atom stereocenters. The Labute approximate surface area is 117 Å². The van der Waals surface area contributed by atoms with Crippen LogP contribution < -0.4 is 4.72 Å². The van der Waals surface area contributed by atoms with Crippen molar-refractivity contribution in [2.24, 2.45) is 0 Å². The maximum Gasteiger partial charge on any atom is 0.241 e. The van der Waals surface area contributed by atoms with E-state index in [1.54, 1.807) is 12.1 Å². The lowest BCUT2D eigenvalue weighted by molar-refractivity contribution is 0.407. The summed E-state index contributed by atoms with van der Waals surface area (Å²) in [7, 11) is -1.44. The van der Waals surface area contributed by atoms with Gasteiger partial charge in [-0.05, 0) is 60.6 Å². The summed E-state index contributed by atoms with van der Waals surface area (Å²) in [6.45, 7) is 3.63. The molecule has 0 saturated carbocycles. The van der Waals surface area contributed by atoms with E-state index in [2.05, 4.69) is 25.6 Å². The molecule has 1 aliphatic heterocycles. The first kappa shape index (κ1) is 14.0. The van der Waals surface area contributed by atoms with Crippen LogP contribution in [0.5, 0.6) is 0 Å². The third-order valence-corrected chi connectivity index (χ3v) is 5.59. The van der Waals surface area contributed by atoms with E-state index in [-0.39, 0.29) is 6.04 Å². The normalized spacial score (nSPS) is 21.4. The van der Waals surface area contributed by atoms with Gasteiger partial charge < -0.3 is 4.90 Å². The lowest BCUT2D eigenvalue weighted by Crippen LogP contribution is -2.36. The standard InChI is InChI=1S/C12H17BrN2O2S/c1-9-3-4-12(11(13)7-9)18(16,17)14-10-5-6-15(2)8-10/h3-4,7,10,14H,5-6,8H2,1-2H3. The Balaban J connectivity index is 2.20. The van der Waals surface area contributed by atoms with Gasteiger partial charge in [-0.25, -0.2) is 13.1 Å². The minimum Gasteiger partial charge on any atom is -0.305 e. The van der Waals surface area contributed by atoms with Gasteiger partial charge in [0, 0.05) is 17.1 Å². The number of sulfonamides is 1. The van der Waals surface area contributed by atoms with Crippen LogP contribution in [0.2, 0.25) is 0 Å². The Kier molecular flexibility index (Phi) is 4.11. The molecule has 1 N–H and O–H groups in total. The molecule has 0 bridgehead atoms. The fourth-order valence-corrected chi connectivity index (χ4v) is 4.59. The Morgan fingerprint density at radius 3 is 2.72 bits per heavy atom. The summed E-state index contributed by atoms with van der Waals surface area (Å²) in [6.07, 6.45) is 0.860. The van der Waals surface area contributed by atoms with Gasteiger partial charge in [-0.2, -0.15) is 0 Å². The quantitative estimate of drug-likeness (QED) is 0.917. The van der Waals surface area contributed by atoms with E-state index < -0.39 is 10.0 Å². The summed E-state index contributed by atoms with van der Waals surface area (Å²) in [4.78, 5) is 2.43. The fraction of sp³-hybridized carbons (Fsp3) is 0.500. The first-order valence-electron chi connectivity index (χ1n) is 5.85. The number of nitrogens with one attached hydrogen (secondary N) is 1. The first-order valence-corrected chi connectivity index (χ1v) is 8.13. The smallest absolute Gasteiger partial charge is 0.241 e. The SMILES string of the molecule is Cc1ccc(S(=O)(=O)NC2CCN(C)C2)c(Br)c1. The van der Waals surface area contributed by atoms with E-state index in [4.69, 9.17) is 0 Å². The minimum absolute atomic E-state index is 0.00760. The largest absolute Gasteiger partial charge is 0.305 e. The molecule has 0 aromatic heterocycles. The summed E-state index contributed by atoms with van der Waals surface area (Å²) in [6, 6.07) is 5.27. The van der Waals surface area contributed by atoms with Gasteiger partial charge in [-0.3, -0.25) is 0 Å². The second-order valence-electron chi connectivity index (χ2n) is 4.80. The van der Waals surface area contributed by atoms with Crippen molar-refractivity contribution in [2.45, 2.75) is 24.3 Å². The monoisotopic (exact) mass is 332 g/mol. The number of rotatable bonds is 3. The first-order chi connectivity index (χ1) is 8.38. The van der Waals surface area contributed by atoms with Gasteiger partial charge in [0.2, 0.25) is 10.0 Å². The van der Waals surface area contributed by atoms with E-state index in [1.807, 2.05) is 20.0 Å². The van der Waals surface area contributed by atoms with Crippen LogP contribution in [0.3, 0.4) is 0 Å². The molecule has 0 aliphatic carbocycles. The predicted octanol–water partition coefficient (Wildman–Crippen LogP) is 1.74. The fourth-order valence-electron chi connectivity index (χ4n) is 2.14. The number of nitrogens with zero attached hydrogens (tertiary/aromatic N) is 1. The molecule has 0 spiro atoms. The summed E-state index contributed by atoms with van der Waals surface area (Å²) in [5.41, 5.74) is 1.03. The van der Waals surface area contributed by atoms with Crippen LogP contribution in [-0.4, -0.2) is 39.5 Å². The van der Waals surface area contributed by atoms with E-state index in [0.717, 1.165) is 25.1 Å². The average molecular weight is 333 g/mol. The van der Waals surface area contributed by atoms with Crippen molar-refractivity contribution in [2.75, 3.05) is 20.1 Å². The molecule has 100 valence electrons. The number of benzene rings is 1. The van der Waals surface area contributed by atoms with E-state index in [9.17, 15) is 8.42 Å². The summed E-state index contributed by atoms with van der Waals surface area (Å²) < 4.78 is 27.9. The molecular formula is C12H17BrN2O2S. The zero-order chi connectivity index (χ0) is 13.3. The van der Waals surface area contributed by atoms with Crippen LogP contribution in [0.4, 0.5) is 0 Å². The van der Waals surface area contributed by atoms with E-state index in [1.165, 1.54) is 0 Å². The summed E-state index contributed by atoms with van der Waals surface area (Å²) in [5.74, 6) is 0. The number of likely N-dealkylation sites (N-methyl/N-ethyl adjacent to an activating group) is 1. The maximum absolute atomic E-state index is 12.3. The average Bonchev–Trinajstić information content (AvgIpc) is 2.62. The molecule has 2 rings (SSSR count). The topological polar surface area (TPSA) is 49.4 Å². The van der Waals surface area contributed by atoms with Crippen molar-refractivity contribution >= 4 is 26.0 Å². The van der Waals surface area contributed by atoms with Gasteiger partial charge in [0.05, 0.1) is 4.90 Å². The zero-order valence-electron chi connectivity index (χ0n) is 10.5. The molecule has 1 heterocycles. The van der Waals surface area contributed by atoms with Crippen LogP contribution in [0, 0.1) is 6.92 Å².